The minimum absolute atomic E-state index is 0.0317. The number of nitrogens with zero attached hydrogens (tertiary/aromatic N) is 4. The van der Waals surface area contributed by atoms with Gasteiger partial charge in [-0.25, -0.2) is 14.2 Å². The Labute approximate surface area is 254 Å². The standard InChI is InChI=1S/C31H31Cl2FN4O4/c1-19(39)22-4-10-29(35-16-22)37-13-11-20(12-14-37)30(40)38-17-25(21-3-9-26(32)27(33)15-21)28(18-38)36(2)31(41)42-24-7-5-23(34)6-8-24/h3-10,15-16,20,25,28H,11-14,17-18H2,1-2H3. The zero-order valence-corrected chi connectivity index (χ0v) is 24.8. The quantitative estimate of drug-likeness (QED) is 0.314. The predicted octanol–water partition coefficient (Wildman–Crippen LogP) is 6.07. The molecule has 0 radical (unpaired) electrons. The Morgan fingerprint density at radius 2 is 1.69 bits per heavy atom. The Morgan fingerprint density at radius 3 is 2.31 bits per heavy atom. The number of likely N-dealkylation sites (tertiary alicyclic amines) is 1. The lowest BCUT2D eigenvalue weighted by molar-refractivity contribution is -0.135. The molecule has 2 fully saturated rings. The van der Waals surface area contributed by atoms with Gasteiger partial charge in [0.25, 0.3) is 0 Å². The number of aromatic nitrogens is 1. The van der Waals surface area contributed by atoms with Crippen LogP contribution in [0, 0.1) is 11.7 Å². The average molecular weight is 614 g/mol. The van der Waals surface area contributed by atoms with Crippen LogP contribution in [0.15, 0.2) is 60.8 Å². The Morgan fingerprint density at radius 1 is 0.976 bits per heavy atom. The predicted molar refractivity (Wildman–Crippen MR) is 159 cm³/mol. The van der Waals surface area contributed by atoms with Crippen molar-refractivity contribution in [3.8, 4) is 5.75 Å². The Hall–Kier alpha value is -3.69. The number of anilines is 1. The highest BCUT2D eigenvalue weighted by atomic mass is 35.5. The van der Waals surface area contributed by atoms with Crippen LogP contribution in [0.1, 0.15) is 41.6 Å². The molecule has 2 amide bonds. The first-order valence-electron chi connectivity index (χ1n) is 13.8. The first-order chi connectivity index (χ1) is 20.1. The fourth-order valence-corrected chi connectivity index (χ4v) is 5.94. The van der Waals surface area contributed by atoms with Gasteiger partial charge in [-0.05, 0) is 73.9 Å². The van der Waals surface area contributed by atoms with E-state index in [9.17, 15) is 18.8 Å². The summed E-state index contributed by atoms with van der Waals surface area (Å²) in [5.41, 5.74) is 1.43. The van der Waals surface area contributed by atoms with E-state index in [0.717, 1.165) is 11.4 Å². The summed E-state index contributed by atoms with van der Waals surface area (Å²) in [6.07, 6.45) is 2.30. The molecule has 220 valence electrons. The van der Waals surface area contributed by atoms with Gasteiger partial charge in [0.1, 0.15) is 17.4 Å². The van der Waals surface area contributed by atoms with Gasteiger partial charge in [0.15, 0.2) is 5.78 Å². The van der Waals surface area contributed by atoms with Crippen molar-refractivity contribution in [3.05, 3.63) is 87.8 Å². The lowest BCUT2D eigenvalue weighted by Crippen LogP contribution is -2.45. The van der Waals surface area contributed by atoms with Crippen molar-refractivity contribution >= 4 is 46.8 Å². The highest BCUT2D eigenvalue weighted by Crippen LogP contribution is 2.36. The van der Waals surface area contributed by atoms with Crippen molar-refractivity contribution in [2.24, 2.45) is 5.92 Å². The lowest BCUT2D eigenvalue weighted by Gasteiger charge is -2.34. The van der Waals surface area contributed by atoms with Crippen LogP contribution in [0.4, 0.5) is 15.0 Å². The molecule has 2 aromatic carbocycles. The summed E-state index contributed by atoms with van der Waals surface area (Å²) in [5.74, 6) is 0.204. The molecular formula is C31H31Cl2FN4O4. The first-order valence-corrected chi connectivity index (χ1v) is 14.5. The van der Waals surface area contributed by atoms with Gasteiger partial charge in [-0.3, -0.25) is 9.59 Å². The second kappa shape index (κ2) is 12.7. The molecule has 1 aromatic heterocycles. The van der Waals surface area contributed by atoms with Gasteiger partial charge >= 0.3 is 6.09 Å². The van der Waals surface area contributed by atoms with Gasteiger partial charge < -0.3 is 19.4 Å². The van der Waals surface area contributed by atoms with E-state index in [4.69, 9.17) is 27.9 Å². The number of rotatable bonds is 6. The molecule has 42 heavy (non-hydrogen) atoms. The topological polar surface area (TPSA) is 83.1 Å². The smallest absolute Gasteiger partial charge is 0.410 e. The number of hydrogen-bond donors (Lipinski definition) is 0. The van der Waals surface area contributed by atoms with Gasteiger partial charge in [0, 0.05) is 56.8 Å². The Kier molecular flexibility index (Phi) is 8.99. The number of amides is 2. The van der Waals surface area contributed by atoms with E-state index in [1.165, 1.54) is 36.1 Å². The van der Waals surface area contributed by atoms with Crippen LogP contribution in [0.25, 0.3) is 0 Å². The van der Waals surface area contributed by atoms with E-state index in [-0.39, 0.29) is 35.3 Å². The third-order valence-corrected chi connectivity index (χ3v) is 8.84. The molecule has 2 unspecified atom stereocenters. The van der Waals surface area contributed by atoms with Crippen molar-refractivity contribution in [1.82, 2.24) is 14.8 Å². The van der Waals surface area contributed by atoms with Crippen LogP contribution in [0.2, 0.25) is 10.0 Å². The molecule has 2 aliphatic heterocycles. The summed E-state index contributed by atoms with van der Waals surface area (Å²) in [4.78, 5) is 48.3. The number of halogens is 3. The molecule has 0 N–H and O–H groups in total. The summed E-state index contributed by atoms with van der Waals surface area (Å²) in [6.45, 7) is 3.58. The second-order valence-corrected chi connectivity index (χ2v) is 11.6. The highest BCUT2D eigenvalue weighted by molar-refractivity contribution is 6.42. The van der Waals surface area contributed by atoms with Crippen molar-refractivity contribution in [2.75, 3.05) is 38.1 Å². The van der Waals surface area contributed by atoms with Crippen molar-refractivity contribution in [1.29, 1.82) is 0 Å². The normalized spacial score (nSPS) is 19.1. The highest BCUT2D eigenvalue weighted by Gasteiger charge is 2.42. The van der Waals surface area contributed by atoms with Crippen LogP contribution in [0.5, 0.6) is 5.75 Å². The summed E-state index contributed by atoms with van der Waals surface area (Å²) in [5, 5.41) is 0.815. The number of pyridine rings is 1. The van der Waals surface area contributed by atoms with Crippen molar-refractivity contribution in [2.45, 2.75) is 31.7 Å². The maximum atomic E-state index is 13.8. The minimum atomic E-state index is -0.609. The molecule has 2 aliphatic rings. The maximum absolute atomic E-state index is 13.8. The summed E-state index contributed by atoms with van der Waals surface area (Å²) in [7, 11) is 1.64. The van der Waals surface area contributed by atoms with Gasteiger partial charge in [-0.15, -0.1) is 0 Å². The molecule has 3 aromatic rings. The number of carbonyl (C=O) groups is 3. The van der Waals surface area contributed by atoms with Crippen LogP contribution < -0.4 is 9.64 Å². The van der Waals surface area contributed by atoms with Crippen LogP contribution in [0.3, 0.4) is 0 Å². The fraction of sp³-hybridized carbons (Fsp3) is 0.355. The summed E-state index contributed by atoms with van der Waals surface area (Å²) < 4.78 is 18.8. The lowest BCUT2D eigenvalue weighted by atomic mass is 9.93. The largest absolute Gasteiger partial charge is 0.415 e. The molecule has 11 heteroatoms. The number of piperidine rings is 1. The zero-order chi connectivity index (χ0) is 30.0. The van der Waals surface area contributed by atoms with Crippen LogP contribution in [-0.4, -0.2) is 71.8 Å². The SMILES string of the molecule is CC(=O)c1ccc(N2CCC(C(=O)N3CC(c4ccc(Cl)c(Cl)c4)C(N(C)C(=O)Oc4ccc(F)cc4)C3)CC2)nc1. The maximum Gasteiger partial charge on any atom is 0.415 e. The van der Waals surface area contributed by atoms with Gasteiger partial charge in [0.2, 0.25) is 5.91 Å². The Balaban J connectivity index is 1.28. The first kappa shape index (κ1) is 29.8. The van der Waals surface area contributed by atoms with E-state index in [1.807, 2.05) is 17.0 Å². The molecular weight excluding hydrogens is 582 g/mol. The van der Waals surface area contributed by atoms with Gasteiger partial charge in [-0.1, -0.05) is 29.3 Å². The molecule has 2 atom stereocenters. The van der Waals surface area contributed by atoms with Crippen LogP contribution in [-0.2, 0) is 4.79 Å². The Bertz CT molecular complexity index is 1460. The van der Waals surface area contributed by atoms with E-state index < -0.39 is 11.9 Å². The third kappa shape index (κ3) is 6.52. The number of hydrogen-bond acceptors (Lipinski definition) is 6. The number of benzene rings is 2. The number of Topliss-reactive ketones (excluding diaryl/α,β-unsaturated/α-hetero) is 1. The summed E-state index contributed by atoms with van der Waals surface area (Å²) >= 11 is 12.5. The molecule has 2 saturated heterocycles. The molecule has 0 saturated carbocycles. The van der Waals surface area contributed by atoms with E-state index in [2.05, 4.69) is 9.88 Å². The number of carbonyl (C=O) groups excluding carboxylic acids is 3. The molecule has 0 spiro atoms. The summed E-state index contributed by atoms with van der Waals surface area (Å²) in [6, 6.07) is 13.8. The van der Waals surface area contributed by atoms with E-state index in [0.29, 0.717) is 54.6 Å². The molecule has 0 bridgehead atoms. The van der Waals surface area contributed by atoms with E-state index >= 15 is 0 Å². The monoisotopic (exact) mass is 612 g/mol. The number of ketones is 1. The number of ether oxygens (including phenoxy) is 1. The second-order valence-electron chi connectivity index (χ2n) is 10.7. The molecule has 3 heterocycles. The number of likely N-dealkylation sites (N-methyl/N-ethyl adjacent to an activating group) is 1. The third-order valence-electron chi connectivity index (χ3n) is 8.10. The molecule has 0 aliphatic carbocycles. The molecule has 5 rings (SSSR count). The van der Waals surface area contributed by atoms with Crippen molar-refractivity contribution in [3.63, 3.8) is 0 Å². The van der Waals surface area contributed by atoms with Gasteiger partial charge in [0.05, 0.1) is 16.1 Å². The van der Waals surface area contributed by atoms with Crippen LogP contribution >= 0.6 is 23.2 Å². The average Bonchev–Trinajstić information content (AvgIpc) is 3.44. The minimum Gasteiger partial charge on any atom is -0.410 e. The molecule has 8 nitrogen and oxygen atoms in total. The van der Waals surface area contributed by atoms with E-state index in [1.54, 1.807) is 31.4 Å². The van der Waals surface area contributed by atoms with Crippen molar-refractivity contribution < 1.29 is 23.5 Å². The fourth-order valence-electron chi connectivity index (χ4n) is 5.64. The zero-order valence-electron chi connectivity index (χ0n) is 23.3. The van der Waals surface area contributed by atoms with Gasteiger partial charge in [-0.2, -0.15) is 0 Å².